The number of benzene rings is 1. The first-order valence-corrected chi connectivity index (χ1v) is 8.07. The Bertz CT molecular complexity index is 494. The average Bonchev–Trinajstić information content (AvgIpc) is 2.54. The number of ether oxygens (including phenoxy) is 1. The van der Waals surface area contributed by atoms with Crippen LogP contribution >= 0.6 is 0 Å². The molecule has 2 heterocycles. The summed E-state index contributed by atoms with van der Waals surface area (Å²) in [6.07, 6.45) is 4.88. The third kappa shape index (κ3) is 2.86. The smallest absolute Gasteiger partial charge is 0.146 e. The minimum absolute atomic E-state index is 0.140. The SMILES string of the molecule is CCC1CN2CCCCC2CN1c1cc(OC)ccc1F. The number of hydrogen-bond donors (Lipinski definition) is 0. The maximum atomic E-state index is 14.3. The molecule has 0 amide bonds. The molecule has 0 aliphatic carbocycles. The molecule has 0 spiro atoms. The molecule has 4 heteroatoms. The van der Waals surface area contributed by atoms with E-state index in [0.29, 0.717) is 17.8 Å². The Morgan fingerprint density at radius 3 is 2.90 bits per heavy atom. The summed E-state index contributed by atoms with van der Waals surface area (Å²) in [5.41, 5.74) is 0.700. The van der Waals surface area contributed by atoms with E-state index < -0.39 is 0 Å². The van der Waals surface area contributed by atoms with Gasteiger partial charge in [0.15, 0.2) is 0 Å². The third-order valence-electron chi connectivity index (χ3n) is 4.98. The Morgan fingerprint density at radius 2 is 2.14 bits per heavy atom. The van der Waals surface area contributed by atoms with E-state index in [-0.39, 0.29) is 5.82 Å². The van der Waals surface area contributed by atoms with Crippen molar-refractivity contribution in [2.45, 2.75) is 44.7 Å². The van der Waals surface area contributed by atoms with Crippen molar-refractivity contribution in [1.82, 2.24) is 4.90 Å². The highest BCUT2D eigenvalue weighted by atomic mass is 19.1. The van der Waals surface area contributed by atoms with Gasteiger partial charge in [0.1, 0.15) is 11.6 Å². The van der Waals surface area contributed by atoms with Crippen molar-refractivity contribution >= 4 is 5.69 Å². The summed E-state index contributed by atoms with van der Waals surface area (Å²) in [4.78, 5) is 4.87. The van der Waals surface area contributed by atoms with Gasteiger partial charge < -0.3 is 9.64 Å². The highest BCUT2D eigenvalue weighted by Gasteiger charge is 2.35. The lowest BCUT2D eigenvalue weighted by molar-refractivity contribution is 0.110. The van der Waals surface area contributed by atoms with Gasteiger partial charge in [0.05, 0.1) is 12.8 Å². The largest absolute Gasteiger partial charge is 0.497 e. The Morgan fingerprint density at radius 1 is 1.29 bits per heavy atom. The van der Waals surface area contributed by atoms with Gasteiger partial charge in [-0.3, -0.25) is 4.90 Å². The van der Waals surface area contributed by atoms with Gasteiger partial charge in [-0.1, -0.05) is 13.3 Å². The number of nitrogens with zero attached hydrogens (tertiary/aromatic N) is 2. The minimum atomic E-state index is -0.140. The molecule has 0 radical (unpaired) electrons. The third-order valence-corrected chi connectivity index (χ3v) is 4.98. The van der Waals surface area contributed by atoms with Crippen molar-refractivity contribution in [3.8, 4) is 5.75 Å². The van der Waals surface area contributed by atoms with Gasteiger partial charge in [-0.25, -0.2) is 4.39 Å². The number of methoxy groups -OCH3 is 1. The van der Waals surface area contributed by atoms with E-state index in [1.807, 2.05) is 6.07 Å². The second-order valence-electron chi connectivity index (χ2n) is 6.18. The molecule has 3 rings (SSSR count). The van der Waals surface area contributed by atoms with Crippen molar-refractivity contribution in [1.29, 1.82) is 0 Å². The van der Waals surface area contributed by atoms with E-state index >= 15 is 0 Å². The van der Waals surface area contributed by atoms with Crippen LogP contribution in [0.5, 0.6) is 5.75 Å². The zero-order chi connectivity index (χ0) is 14.8. The maximum absolute atomic E-state index is 14.3. The Balaban J connectivity index is 1.88. The average molecular weight is 292 g/mol. The topological polar surface area (TPSA) is 15.7 Å². The normalized spacial score (nSPS) is 26.5. The number of fused-ring (bicyclic) bond motifs is 1. The van der Waals surface area contributed by atoms with Gasteiger partial charge in [0.2, 0.25) is 0 Å². The summed E-state index contributed by atoms with van der Waals surface area (Å²) in [6, 6.07) is 6.02. The molecule has 2 saturated heterocycles. The fraction of sp³-hybridized carbons (Fsp3) is 0.647. The zero-order valence-corrected chi connectivity index (χ0v) is 13.0. The molecule has 0 N–H and O–H groups in total. The minimum Gasteiger partial charge on any atom is -0.497 e. The molecule has 0 saturated carbocycles. The maximum Gasteiger partial charge on any atom is 0.146 e. The van der Waals surface area contributed by atoms with Crippen LogP contribution in [0.15, 0.2) is 18.2 Å². The predicted molar refractivity (Wildman–Crippen MR) is 83.6 cm³/mol. The highest BCUT2D eigenvalue weighted by molar-refractivity contribution is 5.53. The summed E-state index contributed by atoms with van der Waals surface area (Å²) in [5.74, 6) is 0.589. The van der Waals surface area contributed by atoms with Crippen LogP contribution in [0.4, 0.5) is 10.1 Å². The van der Waals surface area contributed by atoms with Gasteiger partial charge in [0.25, 0.3) is 0 Å². The highest BCUT2D eigenvalue weighted by Crippen LogP contribution is 2.32. The standard InChI is InChI=1S/C17H25FN2O/c1-3-13-11-19-9-5-4-6-14(19)12-20(13)17-10-15(21-2)7-8-16(17)18/h7-8,10,13-14H,3-6,9,11-12H2,1-2H3. The van der Waals surface area contributed by atoms with Gasteiger partial charge in [-0.05, 0) is 37.9 Å². The quantitative estimate of drug-likeness (QED) is 0.850. The van der Waals surface area contributed by atoms with Crippen LogP contribution in [-0.2, 0) is 0 Å². The number of piperazine rings is 1. The van der Waals surface area contributed by atoms with Gasteiger partial charge >= 0.3 is 0 Å². The van der Waals surface area contributed by atoms with Crippen LogP contribution in [0.2, 0.25) is 0 Å². The molecule has 21 heavy (non-hydrogen) atoms. The summed E-state index contributed by atoms with van der Waals surface area (Å²) in [7, 11) is 1.63. The number of anilines is 1. The van der Waals surface area contributed by atoms with E-state index in [1.54, 1.807) is 13.2 Å². The molecule has 0 bridgehead atoms. The van der Waals surface area contributed by atoms with Gasteiger partial charge in [-0.2, -0.15) is 0 Å². The second-order valence-corrected chi connectivity index (χ2v) is 6.18. The Labute approximate surface area is 126 Å². The monoisotopic (exact) mass is 292 g/mol. The number of halogens is 1. The van der Waals surface area contributed by atoms with Crippen LogP contribution in [-0.4, -0.2) is 43.7 Å². The molecule has 1 aromatic carbocycles. The van der Waals surface area contributed by atoms with Crippen LogP contribution in [0.3, 0.4) is 0 Å². The van der Waals surface area contributed by atoms with Gasteiger partial charge in [0, 0.05) is 31.2 Å². The van der Waals surface area contributed by atoms with Crippen molar-refractivity contribution < 1.29 is 9.13 Å². The summed E-state index contributed by atoms with van der Waals surface area (Å²) in [6.45, 7) is 5.38. The number of hydrogen-bond acceptors (Lipinski definition) is 3. The summed E-state index contributed by atoms with van der Waals surface area (Å²) >= 11 is 0. The lowest BCUT2D eigenvalue weighted by Gasteiger charge is -2.49. The molecule has 2 aliphatic heterocycles. The van der Waals surface area contributed by atoms with Crippen molar-refractivity contribution in [2.75, 3.05) is 31.6 Å². The Kier molecular flexibility index (Phi) is 4.34. The fourth-order valence-corrected chi connectivity index (χ4v) is 3.74. The lowest BCUT2D eigenvalue weighted by atomic mass is 9.95. The van der Waals surface area contributed by atoms with Crippen molar-refractivity contribution in [3.05, 3.63) is 24.0 Å². The molecule has 2 unspecified atom stereocenters. The van der Waals surface area contributed by atoms with Crippen molar-refractivity contribution in [3.63, 3.8) is 0 Å². The van der Waals surface area contributed by atoms with Crippen LogP contribution in [0.25, 0.3) is 0 Å². The predicted octanol–water partition coefficient (Wildman–Crippen LogP) is 3.29. The van der Waals surface area contributed by atoms with Gasteiger partial charge in [-0.15, -0.1) is 0 Å². The van der Waals surface area contributed by atoms with Crippen LogP contribution in [0.1, 0.15) is 32.6 Å². The first kappa shape index (κ1) is 14.6. The summed E-state index contributed by atoms with van der Waals surface area (Å²) in [5, 5.41) is 0. The molecule has 2 fully saturated rings. The van der Waals surface area contributed by atoms with Crippen LogP contribution < -0.4 is 9.64 Å². The summed E-state index contributed by atoms with van der Waals surface area (Å²) < 4.78 is 19.6. The Hall–Kier alpha value is -1.29. The molecule has 0 aromatic heterocycles. The molecular weight excluding hydrogens is 267 g/mol. The van der Waals surface area contributed by atoms with E-state index in [9.17, 15) is 4.39 Å². The molecule has 3 nitrogen and oxygen atoms in total. The number of piperidine rings is 1. The second kappa shape index (κ2) is 6.22. The molecule has 2 aliphatic rings. The molecular formula is C17H25FN2O. The van der Waals surface area contributed by atoms with E-state index in [0.717, 1.165) is 25.3 Å². The van der Waals surface area contributed by atoms with Crippen LogP contribution in [0, 0.1) is 5.82 Å². The first-order valence-electron chi connectivity index (χ1n) is 8.07. The molecule has 116 valence electrons. The number of rotatable bonds is 3. The molecule has 2 atom stereocenters. The van der Waals surface area contributed by atoms with E-state index in [1.165, 1.54) is 31.9 Å². The van der Waals surface area contributed by atoms with Crippen molar-refractivity contribution in [2.24, 2.45) is 0 Å². The molecule has 1 aromatic rings. The fourth-order valence-electron chi connectivity index (χ4n) is 3.74. The first-order chi connectivity index (χ1) is 10.2. The van der Waals surface area contributed by atoms with E-state index in [2.05, 4.69) is 16.7 Å². The lowest BCUT2D eigenvalue weighted by Crippen LogP contribution is -2.59. The van der Waals surface area contributed by atoms with E-state index in [4.69, 9.17) is 4.74 Å². The zero-order valence-electron chi connectivity index (χ0n) is 13.0.